The molecule has 0 saturated carbocycles. The highest BCUT2D eigenvalue weighted by Crippen LogP contribution is 2.31. The number of aromatic nitrogens is 4. The van der Waals surface area contributed by atoms with E-state index < -0.39 is 41.1 Å². The summed E-state index contributed by atoms with van der Waals surface area (Å²) >= 11 is 0. The number of carbonyl (C=O) groups excluding carboxylic acids is 1. The van der Waals surface area contributed by atoms with Crippen LogP contribution in [-0.2, 0) is 6.54 Å². The van der Waals surface area contributed by atoms with E-state index in [1.165, 1.54) is 4.57 Å². The van der Waals surface area contributed by atoms with Gasteiger partial charge in [0.25, 0.3) is 17.9 Å². The predicted molar refractivity (Wildman–Crippen MR) is 163 cm³/mol. The molecule has 0 radical (unpaired) electrons. The summed E-state index contributed by atoms with van der Waals surface area (Å²) in [4.78, 5) is 38.4. The second-order valence-corrected chi connectivity index (χ2v) is 9.85. The zero-order valence-electron chi connectivity index (χ0n) is 23.8. The number of hydroxylamine groups is 1. The van der Waals surface area contributed by atoms with Gasteiger partial charge in [0.05, 0.1) is 22.6 Å². The number of rotatable bonds is 10. The van der Waals surface area contributed by atoms with Gasteiger partial charge >= 0.3 is 0 Å². The van der Waals surface area contributed by atoms with E-state index >= 15 is 0 Å². The average molecular weight is 612 g/mol. The molecule has 2 heterocycles. The third-order valence-electron chi connectivity index (χ3n) is 7.04. The number of nitriles is 1. The van der Waals surface area contributed by atoms with Gasteiger partial charge in [-0.2, -0.15) is 10.2 Å². The molecule has 3 aromatic carbocycles. The number of alkyl halides is 2. The van der Waals surface area contributed by atoms with Gasteiger partial charge in [-0.1, -0.05) is 43.3 Å². The van der Waals surface area contributed by atoms with E-state index in [0.717, 1.165) is 5.56 Å². The van der Waals surface area contributed by atoms with E-state index in [2.05, 4.69) is 20.6 Å². The Hall–Kier alpha value is -5.94. The van der Waals surface area contributed by atoms with Gasteiger partial charge in [-0.3, -0.25) is 19.4 Å². The minimum absolute atomic E-state index is 0.195. The average Bonchev–Trinajstić information content (AvgIpc) is 3.06. The third kappa shape index (κ3) is 6.24. The lowest BCUT2D eigenvalue weighted by Crippen LogP contribution is -2.29. The summed E-state index contributed by atoms with van der Waals surface area (Å²) in [6.07, 6.45) is -2.73. The number of benzene rings is 3. The Morgan fingerprint density at radius 2 is 1.78 bits per heavy atom. The molecule has 0 bridgehead atoms. The van der Waals surface area contributed by atoms with Crippen molar-refractivity contribution in [1.82, 2.24) is 25.0 Å². The summed E-state index contributed by atoms with van der Waals surface area (Å²) in [5.74, 6) is -1.00. The van der Waals surface area contributed by atoms with Crippen LogP contribution in [-0.4, -0.2) is 30.6 Å². The summed E-state index contributed by atoms with van der Waals surface area (Å²) in [6, 6.07) is 21.5. The van der Waals surface area contributed by atoms with Crippen molar-refractivity contribution in [3.8, 4) is 11.8 Å². The van der Waals surface area contributed by atoms with Gasteiger partial charge < -0.3 is 16.4 Å². The number of nitrogen functional groups attached to an aromatic ring is 1. The van der Waals surface area contributed by atoms with Crippen molar-refractivity contribution in [2.45, 2.75) is 32.4 Å². The maximum Gasteiger partial charge on any atom is 0.281 e. The molecule has 5 aromatic rings. The number of para-hydroxylation sites is 1. The zero-order chi connectivity index (χ0) is 32.1. The van der Waals surface area contributed by atoms with Crippen LogP contribution in [0.5, 0.6) is 0 Å². The quantitative estimate of drug-likeness (QED) is 0.108. The van der Waals surface area contributed by atoms with Crippen molar-refractivity contribution in [3.63, 3.8) is 0 Å². The number of nitrogens with zero attached hydrogens (tertiary/aromatic N) is 5. The number of fused-ring (bicyclic) bond motifs is 1. The van der Waals surface area contributed by atoms with Crippen molar-refractivity contribution in [3.05, 3.63) is 111 Å². The largest absolute Gasteiger partial charge is 0.380 e. The minimum Gasteiger partial charge on any atom is -0.380 e. The molecule has 0 unspecified atom stereocenters. The van der Waals surface area contributed by atoms with Gasteiger partial charge in [0.1, 0.15) is 23.2 Å². The fraction of sp³-hybridized carbons (Fsp3) is 0.161. The number of nitrogens with two attached hydrogens (primary N) is 1. The molecule has 228 valence electrons. The van der Waals surface area contributed by atoms with Crippen LogP contribution in [0.2, 0.25) is 0 Å². The molecule has 0 aliphatic carbocycles. The first-order chi connectivity index (χ1) is 21.7. The van der Waals surface area contributed by atoms with E-state index in [1.807, 2.05) is 0 Å². The maximum atomic E-state index is 14.3. The van der Waals surface area contributed by atoms with Crippen LogP contribution in [0.15, 0.2) is 77.6 Å². The van der Waals surface area contributed by atoms with Crippen LogP contribution in [0.1, 0.15) is 58.8 Å². The normalized spacial score (nSPS) is 11.6. The van der Waals surface area contributed by atoms with E-state index in [-0.39, 0.29) is 17.2 Å². The minimum atomic E-state index is -3.06. The Morgan fingerprint density at radius 1 is 1.04 bits per heavy atom. The highest BCUT2D eigenvalue weighted by molar-refractivity contribution is 5.93. The number of hydrogen-bond donors (Lipinski definition) is 5. The van der Waals surface area contributed by atoms with Gasteiger partial charge in [0.2, 0.25) is 5.95 Å². The van der Waals surface area contributed by atoms with Crippen LogP contribution in [0.4, 0.5) is 26.2 Å². The Balaban J connectivity index is 1.60. The second-order valence-electron chi connectivity index (χ2n) is 9.85. The molecule has 0 saturated heterocycles. The Labute approximate surface area is 255 Å². The van der Waals surface area contributed by atoms with E-state index in [1.54, 1.807) is 91.3 Å². The lowest BCUT2D eigenvalue weighted by atomic mass is 10.1. The first kappa shape index (κ1) is 30.5. The summed E-state index contributed by atoms with van der Waals surface area (Å²) in [5.41, 5.74) is 8.13. The number of carbonyl (C=O) groups is 1. The summed E-state index contributed by atoms with van der Waals surface area (Å²) in [6.45, 7) is 2.12. The molecule has 0 aliphatic heterocycles. The number of hydrogen-bond acceptors (Lipinski definition) is 10. The predicted octanol–water partition coefficient (Wildman–Crippen LogP) is 4.86. The van der Waals surface area contributed by atoms with Crippen LogP contribution in [0, 0.1) is 11.3 Å². The highest BCUT2D eigenvalue weighted by atomic mass is 19.3. The molecule has 0 fully saturated rings. The fourth-order valence-electron chi connectivity index (χ4n) is 4.87. The molecular formula is C31H27F2N9O3. The van der Waals surface area contributed by atoms with E-state index in [0.29, 0.717) is 35.2 Å². The SMILES string of the molecule is CC[C@H](Nc1nc(N)nc(C(F)F)c1C#N)c1nc2cccc(NCc3ccc(C(=O)NO)cc3)c2c(=O)n1-c1ccccc1. The number of nitrogens with one attached hydrogen (secondary N) is 3. The van der Waals surface area contributed by atoms with Crippen LogP contribution in [0.3, 0.4) is 0 Å². The molecule has 12 nitrogen and oxygen atoms in total. The Morgan fingerprint density at radius 3 is 2.42 bits per heavy atom. The molecule has 1 amide bonds. The Bertz CT molecular complexity index is 1960. The van der Waals surface area contributed by atoms with E-state index in [9.17, 15) is 23.6 Å². The van der Waals surface area contributed by atoms with E-state index in [4.69, 9.17) is 15.9 Å². The fourth-order valence-corrected chi connectivity index (χ4v) is 4.87. The highest BCUT2D eigenvalue weighted by Gasteiger charge is 2.26. The number of halogens is 2. The van der Waals surface area contributed by atoms with Gasteiger partial charge in [-0.05, 0) is 48.4 Å². The van der Waals surface area contributed by atoms with Gasteiger partial charge in [0.15, 0.2) is 5.82 Å². The molecule has 0 aliphatic rings. The molecule has 5 rings (SSSR count). The molecule has 6 N–H and O–H groups in total. The van der Waals surface area contributed by atoms with Gasteiger partial charge in [0, 0.05) is 17.8 Å². The van der Waals surface area contributed by atoms with Crippen molar-refractivity contribution in [1.29, 1.82) is 5.26 Å². The van der Waals surface area contributed by atoms with Crippen LogP contribution >= 0.6 is 0 Å². The monoisotopic (exact) mass is 611 g/mol. The summed E-state index contributed by atoms with van der Waals surface area (Å²) in [5, 5.41) is 25.1. The molecule has 1 atom stereocenters. The summed E-state index contributed by atoms with van der Waals surface area (Å²) < 4.78 is 28.8. The molecule has 0 spiro atoms. The van der Waals surface area contributed by atoms with Crippen LogP contribution in [0.25, 0.3) is 16.6 Å². The van der Waals surface area contributed by atoms with Gasteiger partial charge in [-0.25, -0.2) is 24.2 Å². The Kier molecular flexibility index (Phi) is 8.91. The first-order valence-electron chi connectivity index (χ1n) is 13.8. The molecule has 2 aromatic heterocycles. The maximum absolute atomic E-state index is 14.3. The molecule has 14 heteroatoms. The topological polar surface area (TPSA) is 184 Å². The smallest absolute Gasteiger partial charge is 0.281 e. The first-order valence-corrected chi connectivity index (χ1v) is 13.8. The molecule has 45 heavy (non-hydrogen) atoms. The van der Waals surface area contributed by atoms with Crippen molar-refractivity contribution in [2.24, 2.45) is 0 Å². The zero-order valence-corrected chi connectivity index (χ0v) is 23.8. The second kappa shape index (κ2) is 13.1. The van der Waals surface area contributed by atoms with Gasteiger partial charge in [-0.15, -0.1) is 0 Å². The number of anilines is 3. The number of amides is 1. The van der Waals surface area contributed by atoms with Crippen molar-refractivity contribution < 1.29 is 18.8 Å². The third-order valence-corrected chi connectivity index (χ3v) is 7.04. The van der Waals surface area contributed by atoms with Crippen molar-refractivity contribution in [2.75, 3.05) is 16.4 Å². The molecular weight excluding hydrogens is 584 g/mol. The van der Waals surface area contributed by atoms with Crippen molar-refractivity contribution >= 4 is 34.3 Å². The summed E-state index contributed by atoms with van der Waals surface area (Å²) in [7, 11) is 0. The lowest BCUT2D eigenvalue weighted by molar-refractivity contribution is 0.0706. The lowest BCUT2D eigenvalue weighted by Gasteiger charge is -2.23. The standard InChI is InChI=1S/C31H27F2N9O3/c1-2-21(37-27-20(15-34)25(26(32)33)39-31(35)40-27)28-38-23-10-6-9-22(24(23)30(44)42(28)19-7-4-3-5-8-19)36-16-17-11-13-18(14-12-17)29(43)41-45/h3-14,21,26,36,45H,2,16H2,1H3,(H,41,43)(H3,35,37,39,40)/t21-/m0/s1. The van der Waals surface area contributed by atoms with Crippen LogP contribution < -0.4 is 27.4 Å².